The number of benzene rings is 2. The van der Waals surface area contributed by atoms with Crippen LogP contribution in [0.1, 0.15) is 17.9 Å². The van der Waals surface area contributed by atoms with Crippen LogP contribution in [-0.4, -0.2) is 11.8 Å². The van der Waals surface area contributed by atoms with Gasteiger partial charge in [0.1, 0.15) is 0 Å². The van der Waals surface area contributed by atoms with E-state index in [1.807, 2.05) is 48.5 Å². The second-order valence-corrected chi connectivity index (χ2v) is 5.80. The molecule has 1 aliphatic rings. The monoisotopic (exact) mass is 344 g/mol. The molecule has 4 nitrogen and oxygen atoms in total. The fourth-order valence-electron chi connectivity index (χ4n) is 2.41. The first-order valence-electron chi connectivity index (χ1n) is 6.59. The van der Waals surface area contributed by atoms with Crippen LogP contribution in [0.25, 0.3) is 0 Å². The number of para-hydroxylation sites is 1. The largest absolute Gasteiger partial charge is 0.326 e. The van der Waals surface area contributed by atoms with Crippen molar-refractivity contribution in [3.8, 4) is 0 Å². The zero-order valence-corrected chi connectivity index (χ0v) is 12.7. The SMILES string of the molecule is O=C1C[C@@H](C(=O)Nc2ccc(Br)cc2)c2ccccc2N1. The van der Waals surface area contributed by atoms with Crippen molar-refractivity contribution in [1.29, 1.82) is 0 Å². The van der Waals surface area contributed by atoms with Crippen molar-refractivity contribution in [1.82, 2.24) is 0 Å². The van der Waals surface area contributed by atoms with Crippen molar-refractivity contribution in [2.24, 2.45) is 0 Å². The Hall–Kier alpha value is -2.14. The maximum atomic E-state index is 12.5. The summed E-state index contributed by atoms with van der Waals surface area (Å²) < 4.78 is 0.947. The Kier molecular flexibility index (Phi) is 3.75. The molecule has 0 saturated heterocycles. The summed E-state index contributed by atoms with van der Waals surface area (Å²) in [5.41, 5.74) is 2.28. The molecule has 1 aliphatic heterocycles. The first-order chi connectivity index (χ1) is 10.1. The topological polar surface area (TPSA) is 58.2 Å². The molecule has 3 rings (SSSR count). The van der Waals surface area contributed by atoms with Crippen LogP contribution in [0.2, 0.25) is 0 Å². The molecular weight excluding hydrogens is 332 g/mol. The average molecular weight is 345 g/mol. The fourth-order valence-corrected chi connectivity index (χ4v) is 2.67. The van der Waals surface area contributed by atoms with Crippen LogP contribution in [0.5, 0.6) is 0 Å². The Labute approximate surface area is 130 Å². The van der Waals surface area contributed by atoms with E-state index in [2.05, 4.69) is 26.6 Å². The summed E-state index contributed by atoms with van der Waals surface area (Å²) >= 11 is 3.35. The molecule has 0 spiro atoms. The van der Waals surface area contributed by atoms with Gasteiger partial charge in [0, 0.05) is 22.3 Å². The third kappa shape index (κ3) is 2.97. The van der Waals surface area contributed by atoms with Gasteiger partial charge in [0.2, 0.25) is 11.8 Å². The van der Waals surface area contributed by atoms with E-state index in [0.717, 1.165) is 10.0 Å². The highest BCUT2D eigenvalue weighted by Crippen LogP contribution is 2.32. The molecule has 0 unspecified atom stereocenters. The van der Waals surface area contributed by atoms with Crippen molar-refractivity contribution in [2.75, 3.05) is 10.6 Å². The van der Waals surface area contributed by atoms with Gasteiger partial charge in [-0.1, -0.05) is 34.1 Å². The highest BCUT2D eigenvalue weighted by atomic mass is 79.9. The molecule has 0 aliphatic carbocycles. The third-order valence-corrected chi connectivity index (χ3v) is 3.96. The maximum absolute atomic E-state index is 12.5. The van der Waals surface area contributed by atoms with Gasteiger partial charge in [0.15, 0.2) is 0 Å². The Morgan fingerprint density at radius 3 is 2.62 bits per heavy atom. The molecule has 5 heteroatoms. The van der Waals surface area contributed by atoms with Crippen LogP contribution in [0.4, 0.5) is 11.4 Å². The highest BCUT2D eigenvalue weighted by molar-refractivity contribution is 9.10. The zero-order chi connectivity index (χ0) is 14.8. The summed E-state index contributed by atoms with van der Waals surface area (Å²) in [5.74, 6) is -0.761. The van der Waals surface area contributed by atoms with E-state index in [0.29, 0.717) is 11.4 Å². The number of rotatable bonds is 2. The van der Waals surface area contributed by atoms with Gasteiger partial charge >= 0.3 is 0 Å². The van der Waals surface area contributed by atoms with Gasteiger partial charge < -0.3 is 10.6 Å². The molecule has 1 atom stereocenters. The van der Waals surface area contributed by atoms with Gasteiger partial charge in [-0.25, -0.2) is 0 Å². The van der Waals surface area contributed by atoms with E-state index >= 15 is 0 Å². The third-order valence-electron chi connectivity index (χ3n) is 3.43. The number of carbonyl (C=O) groups excluding carboxylic acids is 2. The van der Waals surface area contributed by atoms with Gasteiger partial charge in [-0.05, 0) is 35.9 Å². The summed E-state index contributed by atoms with van der Waals surface area (Å²) in [6, 6.07) is 14.7. The van der Waals surface area contributed by atoms with E-state index in [1.54, 1.807) is 0 Å². The standard InChI is InChI=1S/C16H13BrN2O2/c17-10-5-7-11(8-6-10)18-16(21)13-9-15(20)19-14-4-2-1-3-12(13)14/h1-8,13H,9H2,(H,18,21)(H,19,20)/t13-/m1/s1. The van der Waals surface area contributed by atoms with Gasteiger partial charge in [0.25, 0.3) is 0 Å². The van der Waals surface area contributed by atoms with Crippen molar-refractivity contribution in [3.63, 3.8) is 0 Å². The van der Waals surface area contributed by atoms with E-state index in [-0.39, 0.29) is 18.2 Å². The molecule has 106 valence electrons. The van der Waals surface area contributed by atoms with Crippen LogP contribution in [0, 0.1) is 0 Å². The molecule has 0 bridgehead atoms. The molecule has 21 heavy (non-hydrogen) atoms. The van der Waals surface area contributed by atoms with Crippen LogP contribution >= 0.6 is 15.9 Å². The number of halogens is 1. The van der Waals surface area contributed by atoms with E-state index in [4.69, 9.17) is 0 Å². The van der Waals surface area contributed by atoms with E-state index in [1.165, 1.54) is 0 Å². The van der Waals surface area contributed by atoms with Crippen LogP contribution < -0.4 is 10.6 Å². The first-order valence-corrected chi connectivity index (χ1v) is 7.38. The maximum Gasteiger partial charge on any atom is 0.232 e. The van der Waals surface area contributed by atoms with E-state index in [9.17, 15) is 9.59 Å². The second kappa shape index (κ2) is 5.69. The Balaban J connectivity index is 1.84. The number of hydrogen-bond donors (Lipinski definition) is 2. The molecular formula is C16H13BrN2O2. The predicted molar refractivity (Wildman–Crippen MR) is 85.2 cm³/mol. The molecule has 0 radical (unpaired) electrons. The summed E-state index contributed by atoms with van der Waals surface area (Å²) in [5, 5.41) is 5.65. The minimum Gasteiger partial charge on any atom is -0.326 e. The summed E-state index contributed by atoms with van der Waals surface area (Å²) in [6.45, 7) is 0. The lowest BCUT2D eigenvalue weighted by Crippen LogP contribution is -2.30. The number of anilines is 2. The van der Waals surface area contributed by atoms with Gasteiger partial charge in [0.05, 0.1) is 5.92 Å². The second-order valence-electron chi connectivity index (χ2n) is 4.89. The number of fused-ring (bicyclic) bond motifs is 1. The Morgan fingerprint density at radius 1 is 1.14 bits per heavy atom. The average Bonchev–Trinajstić information content (AvgIpc) is 2.48. The molecule has 2 N–H and O–H groups in total. The number of hydrogen-bond acceptors (Lipinski definition) is 2. The number of carbonyl (C=O) groups is 2. The predicted octanol–water partition coefficient (Wildman–Crippen LogP) is 3.51. The van der Waals surface area contributed by atoms with Gasteiger partial charge in [-0.15, -0.1) is 0 Å². The molecule has 0 aromatic heterocycles. The minimum absolute atomic E-state index is 0.135. The lowest BCUT2D eigenvalue weighted by atomic mass is 9.90. The van der Waals surface area contributed by atoms with Crippen LogP contribution in [0.3, 0.4) is 0 Å². The summed E-state index contributed by atoms with van der Waals surface area (Å²) in [7, 11) is 0. The molecule has 0 saturated carbocycles. The minimum atomic E-state index is -0.460. The summed E-state index contributed by atoms with van der Waals surface area (Å²) in [6.07, 6.45) is 0.166. The summed E-state index contributed by atoms with van der Waals surface area (Å²) in [4.78, 5) is 24.2. The van der Waals surface area contributed by atoms with Gasteiger partial charge in [-0.2, -0.15) is 0 Å². The van der Waals surface area contributed by atoms with Crippen LogP contribution in [0.15, 0.2) is 53.0 Å². The molecule has 1 heterocycles. The number of nitrogens with one attached hydrogen (secondary N) is 2. The highest BCUT2D eigenvalue weighted by Gasteiger charge is 2.30. The normalized spacial score (nSPS) is 16.8. The van der Waals surface area contributed by atoms with Crippen molar-refractivity contribution >= 4 is 39.1 Å². The zero-order valence-electron chi connectivity index (χ0n) is 11.1. The Morgan fingerprint density at radius 2 is 1.86 bits per heavy atom. The first kappa shape index (κ1) is 13.8. The Bertz CT molecular complexity index is 698. The molecule has 2 aromatic carbocycles. The number of amides is 2. The molecule has 2 aromatic rings. The van der Waals surface area contributed by atoms with Crippen molar-refractivity contribution in [2.45, 2.75) is 12.3 Å². The van der Waals surface area contributed by atoms with Gasteiger partial charge in [-0.3, -0.25) is 9.59 Å². The molecule has 2 amide bonds. The van der Waals surface area contributed by atoms with Crippen molar-refractivity contribution in [3.05, 3.63) is 58.6 Å². The fraction of sp³-hybridized carbons (Fsp3) is 0.125. The van der Waals surface area contributed by atoms with Crippen molar-refractivity contribution < 1.29 is 9.59 Å². The van der Waals surface area contributed by atoms with Crippen LogP contribution in [-0.2, 0) is 9.59 Å². The quantitative estimate of drug-likeness (QED) is 0.875. The molecule has 0 fully saturated rings. The lowest BCUT2D eigenvalue weighted by Gasteiger charge is -2.24. The smallest absolute Gasteiger partial charge is 0.232 e. The van der Waals surface area contributed by atoms with E-state index < -0.39 is 5.92 Å². The lowest BCUT2D eigenvalue weighted by molar-refractivity contribution is -0.123.